The zero-order valence-corrected chi connectivity index (χ0v) is 87.1. The van der Waals surface area contributed by atoms with Crippen LogP contribution in [0.1, 0.15) is 131 Å². The van der Waals surface area contributed by atoms with E-state index in [9.17, 15) is 44.6 Å². The fourth-order valence-corrected chi connectivity index (χ4v) is 21.5. The van der Waals surface area contributed by atoms with Crippen molar-refractivity contribution in [2.24, 2.45) is 0 Å². The van der Waals surface area contributed by atoms with Crippen molar-refractivity contribution in [3.05, 3.63) is 250 Å². The summed E-state index contributed by atoms with van der Waals surface area (Å²) in [5.74, 6) is -0.891. The van der Waals surface area contributed by atoms with Crippen molar-refractivity contribution in [3.8, 4) is 69.0 Å². The van der Waals surface area contributed by atoms with Gasteiger partial charge in [0.05, 0.1) is 161 Å². The predicted molar refractivity (Wildman–Crippen MR) is 561 cm³/mol. The molecule has 3 aliphatic heterocycles. The van der Waals surface area contributed by atoms with Crippen molar-refractivity contribution in [1.29, 1.82) is 15.8 Å². The van der Waals surface area contributed by atoms with Gasteiger partial charge < -0.3 is 46.6 Å². The lowest BCUT2D eigenvalue weighted by molar-refractivity contribution is -0.129. The normalized spacial score (nSPS) is 15.0. The van der Waals surface area contributed by atoms with Crippen LogP contribution in [0.4, 0.5) is 34.1 Å². The molecule has 0 bridgehead atoms. The maximum absolute atomic E-state index is 14.5. The quantitative estimate of drug-likeness (QED) is 0.0371. The number of benzene rings is 3. The Bertz CT molecular complexity index is 6770. The van der Waals surface area contributed by atoms with Gasteiger partial charge in [-0.1, -0.05) is 235 Å². The highest BCUT2D eigenvalue weighted by molar-refractivity contribution is 6.56. The molecule has 138 heavy (non-hydrogen) atoms. The Hall–Kier alpha value is -10.6. The summed E-state index contributed by atoms with van der Waals surface area (Å²) in [5.41, 5.74) is 24.0. The summed E-state index contributed by atoms with van der Waals surface area (Å²) >= 11 is 98.8. The van der Waals surface area contributed by atoms with E-state index in [1.54, 1.807) is 69.7 Å². The number of pyridine rings is 9. The van der Waals surface area contributed by atoms with Gasteiger partial charge in [0.2, 0.25) is 17.7 Å². The van der Waals surface area contributed by atoms with Crippen molar-refractivity contribution in [2.75, 3.05) is 90.8 Å². The van der Waals surface area contributed by atoms with E-state index in [2.05, 4.69) is 52.9 Å². The van der Waals surface area contributed by atoms with Crippen LogP contribution in [0, 0.1) is 54.8 Å². The van der Waals surface area contributed by atoms with E-state index in [0.29, 0.717) is 126 Å². The molecule has 714 valence electrons. The van der Waals surface area contributed by atoms with Gasteiger partial charge in [-0.05, 0) is 131 Å². The smallest absolute Gasteiger partial charge is 0.276 e. The van der Waals surface area contributed by atoms with E-state index in [1.807, 2.05) is 97.8 Å². The average Bonchev–Trinajstić information content (AvgIpc) is 0.726. The molecule has 12 heterocycles. The molecule has 3 aliphatic rings. The van der Waals surface area contributed by atoms with Crippen molar-refractivity contribution in [1.82, 2.24) is 58.3 Å². The molecule has 42 heteroatoms. The number of nitriles is 3. The highest BCUT2D eigenvalue weighted by atomic mass is 35.5. The molecular formula is C96H84Cl15N21O6. The Kier molecular flexibility index (Phi) is 32.0. The number of piperazine rings is 3. The summed E-state index contributed by atoms with van der Waals surface area (Å²) in [6.45, 7) is 36.8. The second-order valence-corrected chi connectivity index (χ2v) is 39.5. The van der Waals surface area contributed by atoms with Crippen LogP contribution in [0.3, 0.4) is 0 Å². The molecule has 6 N–H and O–H groups in total. The summed E-state index contributed by atoms with van der Waals surface area (Å²) in [4.78, 5) is 120. The molecule has 0 saturated carbocycles. The number of carbonyl (C=O) groups excluding carboxylic acids is 3. The number of fused-ring (bicyclic) bond motifs is 3. The number of hydrogen-bond acceptors (Lipinski definition) is 21. The van der Waals surface area contributed by atoms with Crippen LogP contribution in [0.25, 0.3) is 83.9 Å². The monoisotopic (exact) mass is 2150 g/mol. The van der Waals surface area contributed by atoms with E-state index in [0.717, 1.165) is 16.7 Å². The maximum Gasteiger partial charge on any atom is 0.276 e. The Morgan fingerprint density at radius 2 is 0.609 bits per heavy atom. The number of aryl methyl sites for hydroxylation is 3. The number of nitrogen functional groups attached to an aromatic ring is 3. The number of halogens is 15. The molecule has 0 radical (unpaired) electrons. The van der Waals surface area contributed by atoms with Gasteiger partial charge in [0.1, 0.15) is 51.8 Å². The summed E-state index contributed by atoms with van der Waals surface area (Å²) in [6, 6.07) is 15.8. The van der Waals surface area contributed by atoms with Gasteiger partial charge in [0, 0.05) is 128 Å². The minimum atomic E-state index is -0.605. The van der Waals surface area contributed by atoms with Gasteiger partial charge >= 0.3 is 0 Å². The van der Waals surface area contributed by atoms with Crippen LogP contribution in [-0.2, 0) is 14.4 Å². The zero-order chi connectivity index (χ0) is 101. The predicted octanol–water partition coefficient (Wildman–Crippen LogP) is 23.5. The average molecular weight is 2160 g/mol. The fourth-order valence-electron chi connectivity index (χ4n) is 17.5. The molecule has 3 atom stereocenters. The third-order valence-electron chi connectivity index (χ3n) is 24.1. The van der Waals surface area contributed by atoms with E-state index < -0.39 is 16.7 Å². The van der Waals surface area contributed by atoms with E-state index in [1.165, 1.54) is 31.9 Å². The van der Waals surface area contributed by atoms with E-state index in [4.69, 9.17) is 206 Å². The topological polar surface area (TPSA) is 363 Å². The summed E-state index contributed by atoms with van der Waals surface area (Å²) in [7, 11) is 0. The lowest BCUT2D eigenvalue weighted by Crippen LogP contribution is -2.54. The first-order chi connectivity index (χ1) is 65.2. The van der Waals surface area contributed by atoms with Crippen LogP contribution in [0.5, 0.6) is 0 Å². The van der Waals surface area contributed by atoms with Gasteiger partial charge in [-0.2, -0.15) is 15.8 Å². The third-order valence-corrected chi connectivity index (χ3v) is 30.2. The first kappa shape index (κ1) is 105. The molecule has 0 spiro atoms. The van der Waals surface area contributed by atoms with E-state index >= 15 is 0 Å². The number of carbonyl (C=O) groups is 3. The zero-order valence-electron chi connectivity index (χ0n) is 75.8. The minimum absolute atomic E-state index is 0.0188. The SMILES string of the molecule is C=CC(=O)N1CCN(c2c(C#N)c(=O)n(-c3c(C)ccnc3C(C)C)c3nc(-c4c(Cl)c(N)c(Cl)c(Cl)c4Cl)c(Cl)cc23)C[C@H]1C.C=CC(=O)N1CCN(c2c(C#N)c(=O)n(-c3c(C)ccnc3C(C)C)c3nc(-c4c(Cl)c(N)c(Cl)c(Cl)c4Cl)c(Cl)cc23)C[C@H]1C.C=CC(=O)N1CCN(c2c(C#N)c(=O)n(-c3c(C)ccnc3C(C)C)c3nc(-c4c(Cl)c(N)c(Cl)c(Cl)c4Cl)c(Cl)cc23)C[C@H]1C. The summed E-state index contributed by atoms with van der Waals surface area (Å²) in [5, 5.41) is 32.7. The van der Waals surface area contributed by atoms with Gasteiger partial charge in [-0.15, -0.1) is 0 Å². The number of rotatable bonds is 15. The van der Waals surface area contributed by atoms with Gasteiger partial charge in [0.25, 0.3) is 16.7 Å². The van der Waals surface area contributed by atoms with Crippen LogP contribution in [0.2, 0.25) is 75.3 Å². The minimum Gasteiger partial charge on any atom is -0.396 e. The van der Waals surface area contributed by atoms with Gasteiger partial charge in [-0.25, -0.2) is 15.0 Å². The number of hydrogen-bond donors (Lipinski definition) is 3. The summed E-state index contributed by atoms with van der Waals surface area (Å²) < 4.78 is 4.16. The number of nitrogens with two attached hydrogens (primary N) is 3. The largest absolute Gasteiger partial charge is 0.396 e. The number of amides is 3. The van der Waals surface area contributed by atoms with Crippen molar-refractivity contribution in [2.45, 2.75) is 119 Å². The van der Waals surface area contributed by atoms with Crippen LogP contribution < -0.4 is 48.6 Å². The Balaban J connectivity index is 0.000000175. The Morgan fingerprint density at radius 3 is 0.812 bits per heavy atom. The van der Waals surface area contributed by atoms with Gasteiger partial charge in [-0.3, -0.25) is 57.4 Å². The fraction of sp³-hybridized carbons (Fsp3) is 0.281. The molecule has 15 rings (SSSR count). The number of anilines is 6. The molecule has 0 unspecified atom stereocenters. The molecule has 27 nitrogen and oxygen atoms in total. The summed E-state index contributed by atoms with van der Waals surface area (Å²) in [6.07, 6.45) is 8.80. The maximum atomic E-state index is 14.5. The highest BCUT2D eigenvalue weighted by Crippen LogP contribution is 2.54. The molecule has 3 aromatic carbocycles. The Labute approximate surface area is 868 Å². The van der Waals surface area contributed by atoms with Crippen molar-refractivity contribution < 1.29 is 14.4 Å². The second-order valence-electron chi connectivity index (χ2n) is 33.8. The van der Waals surface area contributed by atoms with Gasteiger partial charge in [0.15, 0.2) is 0 Å². The van der Waals surface area contributed by atoms with Crippen molar-refractivity contribution in [3.63, 3.8) is 0 Å². The number of aromatic nitrogens is 9. The molecule has 3 saturated heterocycles. The van der Waals surface area contributed by atoms with Crippen LogP contribution in [0.15, 0.2) is 107 Å². The molecule has 0 aliphatic carbocycles. The Morgan fingerprint density at radius 1 is 0.377 bits per heavy atom. The van der Waals surface area contributed by atoms with Crippen LogP contribution >= 0.6 is 174 Å². The molecule has 3 amide bonds. The highest BCUT2D eigenvalue weighted by Gasteiger charge is 2.39. The number of nitrogens with zero attached hydrogens (tertiary/aromatic N) is 18. The standard InChI is InChI=1S/3C32H28Cl5N7O2/c3*1-6-20(45)43-10-9-42(13-16(43)5)30-17-11-19(33)28(21-22(34)24(36)25(37)26(39)23(21)35)41-31(17)44(32(46)18(30)12-38)29-15(4)7-8-40-27(29)14(2)3/h3*6-8,11,14,16H,1,9-10,13,39H2,2-5H3/t3*16-/m111/s1. The first-order valence-electron chi connectivity index (χ1n) is 42.6. The molecule has 3 fully saturated rings. The van der Waals surface area contributed by atoms with Crippen LogP contribution in [-0.4, -0.2) is 153 Å². The lowest BCUT2D eigenvalue weighted by atomic mass is 10.0. The first-order valence-corrected chi connectivity index (χ1v) is 48.3. The van der Waals surface area contributed by atoms with Crippen molar-refractivity contribution >= 4 is 259 Å². The molecule has 12 aromatic rings. The second kappa shape index (κ2) is 42.1. The molecule has 9 aromatic heterocycles. The molecular weight excluding hydrogens is 2070 g/mol. The van der Waals surface area contributed by atoms with E-state index in [-0.39, 0.29) is 213 Å². The third kappa shape index (κ3) is 18.7. The lowest BCUT2D eigenvalue weighted by Gasteiger charge is -2.41.